The molecule has 1 heterocycles. The first kappa shape index (κ1) is 20.4. The van der Waals surface area contributed by atoms with Crippen molar-refractivity contribution in [3.63, 3.8) is 0 Å². The van der Waals surface area contributed by atoms with E-state index in [1.165, 1.54) is 24.5 Å². The minimum atomic E-state index is -0.297. The molecule has 28 heavy (non-hydrogen) atoms. The van der Waals surface area contributed by atoms with E-state index in [0.29, 0.717) is 6.54 Å². The van der Waals surface area contributed by atoms with Crippen LogP contribution < -0.4 is 10.6 Å². The summed E-state index contributed by atoms with van der Waals surface area (Å²) in [6, 6.07) is 7.78. The van der Waals surface area contributed by atoms with Gasteiger partial charge in [-0.25, -0.2) is 4.79 Å². The molecular formula is C22H31N3O3. The lowest BCUT2D eigenvalue weighted by molar-refractivity contribution is -0.119. The van der Waals surface area contributed by atoms with Crippen LogP contribution in [0.25, 0.3) is 5.57 Å². The second-order valence-electron chi connectivity index (χ2n) is 8.04. The van der Waals surface area contributed by atoms with Gasteiger partial charge in [0, 0.05) is 25.4 Å². The largest absolute Gasteiger partial charge is 0.394 e. The first-order valence-corrected chi connectivity index (χ1v) is 10.2. The summed E-state index contributed by atoms with van der Waals surface area (Å²) in [6.45, 7) is 5.54. The summed E-state index contributed by atoms with van der Waals surface area (Å²) in [7, 11) is 0. The first-order valence-electron chi connectivity index (χ1n) is 10.2. The maximum atomic E-state index is 12.6. The van der Waals surface area contributed by atoms with E-state index in [1.54, 1.807) is 4.90 Å². The molecule has 0 radical (unpaired) electrons. The lowest BCUT2D eigenvalue weighted by Crippen LogP contribution is -2.70. The van der Waals surface area contributed by atoms with Crippen molar-refractivity contribution in [2.75, 3.05) is 13.2 Å². The Morgan fingerprint density at radius 3 is 2.46 bits per heavy atom. The van der Waals surface area contributed by atoms with Gasteiger partial charge in [-0.3, -0.25) is 4.79 Å². The van der Waals surface area contributed by atoms with Crippen LogP contribution >= 0.6 is 0 Å². The highest BCUT2D eigenvalue weighted by Gasteiger charge is 2.51. The second-order valence-corrected chi connectivity index (χ2v) is 8.04. The Morgan fingerprint density at radius 1 is 1.21 bits per heavy atom. The number of hydrogen-bond donors (Lipinski definition) is 3. The summed E-state index contributed by atoms with van der Waals surface area (Å²) >= 11 is 0. The fourth-order valence-electron chi connectivity index (χ4n) is 4.34. The number of carbonyl (C=O) groups excluding carboxylic acids is 2. The van der Waals surface area contributed by atoms with E-state index in [-0.39, 0.29) is 42.6 Å². The van der Waals surface area contributed by atoms with Crippen molar-refractivity contribution in [1.82, 2.24) is 15.5 Å². The summed E-state index contributed by atoms with van der Waals surface area (Å²) in [5, 5.41) is 15.7. The highest BCUT2D eigenvalue weighted by Crippen LogP contribution is 2.41. The molecule has 1 fully saturated rings. The van der Waals surface area contributed by atoms with Gasteiger partial charge in [0.05, 0.1) is 18.7 Å². The summed E-state index contributed by atoms with van der Waals surface area (Å²) in [4.78, 5) is 25.8. The number of amides is 3. The molecule has 3 atom stereocenters. The average Bonchev–Trinajstić information content (AvgIpc) is 3.15. The molecule has 1 aliphatic heterocycles. The Bertz CT molecular complexity index is 742. The van der Waals surface area contributed by atoms with Crippen LogP contribution in [0, 0.1) is 0 Å². The minimum absolute atomic E-state index is 0.00581. The number of carbonyl (C=O) groups is 2. The molecule has 6 heteroatoms. The van der Waals surface area contributed by atoms with Gasteiger partial charge < -0.3 is 20.6 Å². The topological polar surface area (TPSA) is 81.7 Å². The third-order valence-corrected chi connectivity index (χ3v) is 5.64. The van der Waals surface area contributed by atoms with E-state index in [0.717, 1.165) is 18.4 Å². The second kappa shape index (κ2) is 8.78. The maximum Gasteiger partial charge on any atom is 0.318 e. The highest BCUT2D eigenvalue weighted by atomic mass is 16.3. The molecule has 6 nitrogen and oxygen atoms in total. The van der Waals surface area contributed by atoms with Crippen LogP contribution in [0.4, 0.5) is 4.79 Å². The van der Waals surface area contributed by atoms with Gasteiger partial charge in [-0.1, -0.05) is 30.3 Å². The Balaban J connectivity index is 1.81. The Hall–Kier alpha value is -2.34. The van der Waals surface area contributed by atoms with Crippen LogP contribution in [0.15, 0.2) is 30.3 Å². The van der Waals surface area contributed by atoms with Crippen molar-refractivity contribution in [3.8, 4) is 0 Å². The van der Waals surface area contributed by atoms with Crippen LogP contribution in [0.1, 0.15) is 57.1 Å². The lowest BCUT2D eigenvalue weighted by atomic mass is 9.75. The van der Waals surface area contributed by atoms with Gasteiger partial charge in [-0.05, 0) is 49.8 Å². The van der Waals surface area contributed by atoms with Crippen molar-refractivity contribution in [2.45, 2.75) is 64.1 Å². The molecule has 0 unspecified atom stereocenters. The van der Waals surface area contributed by atoms with Gasteiger partial charge in [-0.2, -0.15) is 0 Å². The zero-order valence-electron chi connectivity index (χ0n) is 16.9. The molecule has 0 bridgehead atoms. The van der Waals surface area contributed by atoms with Crippen LogP contribution in [-0.4, -0.2) is 53.2 Å². The van der Waals surface area contributed by atoms with E-state index < -0.39 is 0 Å². The number of likely N-dealkylation sites (tertiary alicyclic amines) is 1. The zero-order chi connectivity index (χ0) is 20.3. The summed E-state index contributed by atoms with van der Waals surface area (Å²) in [5.74, 6) is -0.139. The van der Waals surface area contributed by atoms with Gasteiger partial charge in [0.2, 0.25) is 5.91 Å². The van der Waals surface area contributed by atoms with Gasteiger partial charge in [0.15, 0.2) is 0 Å². The van der Waals surface area contributed by atoms with E-state index in [9.17, 15) is 14.7 Å². The van der Waals surface area contributed by atoms with Crippen molar-refractivity contribution in [1.29, 1.82) is 0 Å². The number of allylic oxidation sites excluding steroid dienone is 2. The zero-order valence-corrected chi connectivity index (χ0v) is 16.9. The van der Waals surface area contributed by atoms with E-state index in [4.69, 9.17) is 0 Å². The van der Waals surface area contributed by atoms with Crippen molar-refractivity contribution in [2.24, 2.45) is 0 Å². The monoisotopic (exact) mass is 385 g/mol. The van der Waals surface area contributed by atoms with E-state index in [1.807, 2.05) is 13.8 Å². The number of rotatable bonds is 6. The molecule has 1 aromatic carbocycles. The van der Waals surface area contributed by atoms with Gasteiger partial charge in [0.25, 0.3) is 0 Å². The molecule has 3 N–H and O–H groups in total. The molecular weight excluding hydrogens is 354 g/mol. The smallest absolute Gasteiger partial charge is 0.318 e. The van der Waals surface area contributed by atoms with Crippen LogP contribution in [0.3, 0.4) is 0 Å². The predicted octanol–water partition coefficient (Wildman–Crippen LogP) is 2.64. The fourth-order valence-corrected chi connectivity index (χ4v) is 4.34. The van der Waals surface area contributed by atoms with Crippen LogP contribution in [-0.2, 0) is 4.79 Å². The van der Waals surface area contributed by atoms with Crippen molar-refractivity contribution < 1.29 is 14.7 Å². The fraction of sp³-hybridized carbons (Fsp3) is 0.545. The van der Waals surface area contributed by atoms with E-state index in [2.05, 4.69) is 41.0 Å². The minimum Gasteiger partial charge on any atom is -0.394 e. The molecule has 1 aromatic rings. The predicted molar refractivity (Wildman–Crippen MR) is 110 cm³/mol. The van der Waals surface area contributed by atoms with Gasteiger partial charge in [-0.15, -0.1) is 0 Å². The lowest BCUT2D eigenvalue weighted by Gasteiger charge is -2.54. The molecule has 152 valence electrons. The number of aliphatic hydroxyl groups excluding tert-OH is 1. The third-order valence-electron chi connectivity index (χ3n) is 5.64. The number of aliphatic hydroxyl groups is 1. The summed E-state index contributed by atoms with van der Waals surface area (Å²) in [5.41, 5.74) is 3.73. The summed E-state index contributed by atoms with van der Waals surface area (Å²) in [6.07, 6.45) is 5.78. The SMILES string of the molecule is CC(=O)NC[C@@H]1[C@@H](c2ccc(C3=CCCC3)cc2)[C@@H](CO)N1C(=O)NC(C)C. The average molecular weight is 386 g/mol. The van der Waals surface area contributed by atoms with Crippen LogP contribution in [0.2, 0.25) is 0 Å². The van der Waals surface area contributed by atoms with Crippen LogP contribution in [0.5, 0.6) is 0 Å². The molecule has 0 aromatic heterocycles. The molecule has 0 saturated carbocycles. The summed E-state index contributed by atoms with van der Waals surface area (Å²) < 4.78 is 0. The molecule has 1 aliphatic carbocycles. The first-order chi connectivity index (χ1) is 13.4. The molecule has 2 aliphatic rings. The third kappa shape index (κ3) is 4.22. The standard InChI is InChI=1S/C22H31N3O3/c1-14(2)24-22(28)25-19(12-23-15(3)27)21(20(25)13-26)18-10-8-17(9-11-18)16-6-4-5-7-16/h6,8-11,14,19-21,26H,4-5,7,12-13H2,1-3H3,(H,23,27)(H,24,28)/t19-,20-,21-/m1/s1. The highest BCUT2D eigenvalue weighted by molar-refractivity contribution is 5.78. The Kier molecular flexibility index (Phi) is 6.39. The van der Waals surface area contributed by atoms with Crippen molar-refractivity contribution in [3.05, 3.63) is 41.5 Å². The normalized spacial score (nSPS) is 24.0. The molecule has 3 rings (SSSR count). The molecule has 1 saturated heterocycles. The quantitative estimate of drug-likeness (QED) is 0.704. The Morgan fingerprint density at radius 2 is 1.93 bits per heavy atom. The number of benzene rings is 1. The van der Waals surface area contributed by atoms with Gasteiger partial charge >= 0.3 is 6.03 Å². The van der Waals surface area contributed by atoms with E-state index >= 15 is 0 Å². The van der Waals surface area contributed by atoms with Gasteiger partial charge in [0.1, 0.15) is 0 Å². The number of nitrogens with zero attached hydrogens (tertiary/aromatic N) is 1. The van der Waals surface area contributed by atoms with Crippen molar-refractivity contribution >= 4 is 17.5 Å². The molecule has 0 spiro atoms. The maximum absolute atomic E-state index is 12.6. The molecule has 3 amide bonds. The Labute approximate surface area is 167 Å². The number of urea groups is 1. The number of hydrogen-bond acceptors (Lipinski definition) is 3. The number of nitrogens with one attached hydrogen (secondary N) is 2.